The lowest BCUT2D eigenvalue weighted by Gasteiger charge is -2.17. The van der Waals surface area contributed by atoms with Crippen molar-refractivity contribution in [3.63, 3.8) is 0 Å². The van der Waals surface area contributed by atoms with Gasteiger partial charge in [0.2, 0.25) is 0 Å². The van der Waals surface area contributed by atoms with E-state index < -0.39 is 0 Å². The summed E-state index contributed by atoms with van der Waals surface area (Å²) in [7, 11) is 1.67. The van der Waals surface area contributed by atoms with Gasteiger partial charge in [0.15, 0.2) is 0 Å². The van der Waals surface area contributed by atoms with Gasteiger partial charge >= 0.3 is 0 Å². The van der Waals surface area contributed by atoms with Crippen molar-refractivity contribution in [1.82, 2.24) is 0 Å². The fourth-order valence-corrected chi connectivity index (χ4v) is 3.11. The Kier molecular flexibility index (Phi) is 4.06. The van der Waals surface area contributed by atoms with Crippen molar-refractivity contribution < 1.29 is 9.47 Å². The second-order valence-corrected chi connectivity index (χ2v) is 6.04. The smallest absolute Gasteiger partial charge is 0.133 e. The van der Waals surface area contributed by atoms with Crippen LogP contribution in [-0.2, 0) is 6.42 Å². The lowest BCUT2D eigenvalue weighted by molar-refractivity contribution is 0.357. The average Bonchev–Trinajstić information content (AvgIpc) is 2.94. The monoisotopic (exact) mass is 347 g/mol. The molecule has 4 heteroatoms. The quantitative estimate of drug-likeness (QED) is 0.878. The van der Waals surface area contributed by atoms with Crippen LogP contribution >= 0.6 is 15.9 Å². The van der Waals surface area contributed by atoms with Crippen molar-refractivity contribution in [3.8, 4) is 11.5 Å². The summed E-state index contributed by atoms with van der Waals surface area (Å²) < 4.78 is 11.8. The van der Waals surface area contributed by atoms with Gasteiger partial charge in [-0.05, 0) is 64.3 Å². The normalized spacial score (nSPS) is 14.2. The second kappa shape index (κ2) is 5.98. The minimum Gasteiger partial charge on any atom is -0.496 e. The van der Waals surface area contributed by atoms with Crippen LogP contribution in [0.15, 0.2) is 40.9 Å². The summed E-state index contributed by atoms with van der Waals surface area (Å²) in [5.74, 6) is 1.86. The van der Waals surface area contributed by atoms with E-state index >= 15 is 0 Å². The van der Waals surface area contributed by atoms with E-state index in [9.17, 15) is 0 Å². The summed E-state index contributed by atoms with van der Waals surface area (Å²) in [4.78, 5) is 0. The highest BCUT2D eigenvalue weighted by molar-refractivity contribution is 9.10. The Bertz CT molecular complexity index is 657. The van der Waals surface area contributed by atoms with Crippen molar-refractivity contribution in [1.29, 1.82) is 0 Å². The lowest BCUT2D eigenvalue weighted by Crippen LogP contribution is -2.07. The Labute approximate surface area is 133 Å². The minimum absolute atomic E-state index is 0.233. The van der Waals surface area contributed by atoms with Crippen LogP contribution in [0.4, 0.5) is 5.69 Å². The SMILES string of the molecule is COc1ccc(NC(C)c2ccc3c(c2)CCO3)cc1Br. The van der Waals surface area contributed by atoms with Crippen LogP contribution in [0, 0.1) is 0 Å². The number of anilines is 1. The highest BCUT2D eigenvalue weighted by Gasteiger charge is 2.14. The molecule has 3 rings (SSSR count). The summed E-state index contributed by atoms with van der Waals surface area (Å²) in [5, 5.41) is 3.52. The van der Waals surface area contributed by atoms with Crippen molar-refractivity contribution in [3.05, 3.63) is 52.0 Å². The highest BCUT2D eigenvalue weighted by atomic mass is 79.9. The topological polar surface area (TPSA) is 30.5 Å². The first-order valence-corrected chi connectivity index (χ1v) is 7.82. The second-order valence-electron chi connectivity index (χ2n) is 5.18. The number of methoxy groups -OCH3 is 1. The number of ether oxygens (including phenoxy) is 2. The number of hydrogen-bond donors (Lipinski definition) is 1. The summed E-state index contributed by atoms with van der Waals surface area (Å²) in [5.41, 5.74) is 3.63. The molecule has 0 saturated heterocycles. The van der Waals surface area contributed by atoms with Gasteiger partial charge < -0.3 is 14.8 Å². The number of halogens is 1. The minimum atomic E-state index is 0.233. The van der Waals surface area contributed by atoms with Crippen LogP contribution in [-0.4, -0.2) is 13.7 Å². The molecule has 0 aliphatic carbocycles. The molecule has 1 atom stereocenters. The molecule has 1 N–H and O–H groups in total. The number of nitrogens with one attached hydrogen (secondary N) is 1. The van der Waals surface area contributed by atoms with E-state index in [1.165, 1.54) is 11.1 Å². The molecule has 0 saturated carbocycles. The van der Waals surface area contributed by atoms with Gasteiger partial charge in [0.1, 0.15) is 11.5 Å². The lowest BCUT2D eigenvalue weighted by atomic mass is 10.0. The zero-order valence-corrected chi connectivity index (χ0v) is 13.7. The van der Waals surface area contributed by atoms with Gasteiger partial charge in [0.05, 0.1) is 18.2 Å². The van der Waals surface area contributed by atoms with Crippen molar-refractivity contribution in [2.75, 3.05) is 19.0 Å². The fourth-order valence-electron chi connectivity index (χ4n) is 2.57. The Hall–Kier alpha value is -1.68. The molecule has 21 heavy (non-hydrogen) atoms. The predicted molar refractivity (Wildman–Crippen MR) is 88.4 cm³/mol. The summed E-state index contributed by atoms with van der Waals surface area (Å²) >= 11 is 3.51. The van der Waals surface area contributed by atoms with E-state index in [2.05, 4.69) is 46.4 Å². The van der Waals surface area contributed by atoms with E-state index in [0.717, 1.165) is 34.7 Å². The molecule has 0 amide bonds. The average molecular weight is 348 g/mol. The predicted octanol–water partition coefficient (Wildman–Crippen LogP) is 4.57. The van der Waals surface area contributed by atoms with Gasteiger partial charge in [-0.1, -0.05) is 6.07 Å². The third-order valence-corrected chi connectivity index (χ3v) is 4.37. The molecule has 2 aromatic rings. The van der Waals surface area contributed by atoms with E-state index in [0.29, 0.717) is 0 Å². The molecule has 1 heterocycles. The van der Waals surface area contributed by atoms with Crippen LogP contribution in [0.2, 0.25) is 0 Å². The Morgan fingerprint density at radius 1 is 1.24 bits per heavy atom. The van der Waals surface area contributed by atoms with E-state index in [4.69, 9.17) is 9.47 Å². The number of rotatable bonds is 4. The largest absolute Gasteiger partial charge is 0.496 e. The zero-order chi connectivity index (χ0) is 14.8. The Balaban J connectivity index is 1.76. The van der Waals surface area contributed by atoms with E-state index in [-0.39, 0.29) is 6.04 Å². The highest BCUT2D eigenvalue weighted by Crippen LogP contribution is 2.31. The van der Waals surface area contributed by atoms with Gasteiger partial charge in [-0.25, -0.2) is 0 Å². The fraction of sp³-hybridized carbons (Fsp3) is 0.294. The van der Waals surface area contributed by atoms with Crippen LogP contribution in [0.3, 0.4) is 0 Å². The van der Waals surface area contributed by atoms with E-state index in [1.807, 2.05) is 18.2 Å². The maximum absolute atomic E-state index is 5.55. The van der Waals surface area contributed by atoms with Crippen molar-refractivity contribution in [2.45, 2.75) is 19.4 Å². The number of fused-ring (bicyclic) bond motifs is 1. The zero-order valence-electron chi connectivity index (χ0n) is 12.2. The Morgan fingerprint density at radius 3 is 2.86 bits per heavy atom. The molecule has 1 aliphatic rings. The number of benzene rings is 2. The first-order chi connectivity index (χ1) is 10.2. The molecule has 0 fully saturated rings. The molecule has 2 aromatic carbocycles. The molecular formula is C17H18BrNO2. The third kappa shape index (κ3) is 3.00. The first kappa shape index (κ1) is 14.3. The van der Waals surface area contributed by atoms with Crippen LogP contribution in [0.1, 0.15) is 24.1 Å². The molecule has 110 valence electrons. The van der Waals surface area contributed by atoms with Gasteiger partial charge in [-0.3, -0.25) is 0 Å². The van der Waals surface area contributed by atoms with Crippen LogP contribution in [0.5, 0.6) is 11.5 Å². The third-order valence-electron chi connectivity index (χ3n) is 3.75. The van der Waals surface area contributed by atoms with Crippen molar-refractivity contribution >= 4 is 21.6 Å². The van der Waals surface area contributed by atoms with Crippen LogP contribution in [0.25, 0.3) is 0 Å². The maximum atomic E-state index is 5.55. The first-order valence-electron chi connectivity index (χ1n) is 7.03. The maximum Gasteiger partial charge on any atom is 0.133 e. The molecular weight excluding hydrogens is 330 g/mol. The van der Waals surface area contributed by atoms with Crippen LogP contribution < -0.4 is 14.8 Å². The molecule has 1 unspecified atom stereocenters. The molecule has 0 spiro atoms. The molecule has 0 aromatic heterocycles. The molecule has 0 bridgehead atoms. The standard InChI is InChI=1S/C17H18BrNO2/c1-11(12-3-5-16-13(9-12)7-8-21-16)19-14-4-6-17(20-2)15(18)10-14/h3-6,9-11,19H,7-8H2,1-2H3. The molecule has 0 radical (unpaired) electrons. The van der Waals surface area contributed by atoms with Gasteiger partial charge in [-0.15, -0.1) is 0 Å². The van der Waals surface area contributed by atoms with Gasteiger partial charge in [0.25, 0.3) is 0 Å². The van der Waals surface area contributed by atoms with Gasteiger partial charge in [0, 0.05) is 18.2 Å². The van der Waals surface area contributed by atoms with E-state index in [1.54, 1.807) is 7.11 Å². The van der Waals surface area contributed by atoms with Crippen molar-refractivity contribution in [2.24, 2.45) is 0 Å². The summed E-state index contributed by atoms with van der Waals surface area (Å²) in [6.07, 6.45) is 1.00. The summed E-state index contributed by atoms with van der Waals surface area (Å²) in [6, 6.07) is 12.7. The molecule has 1 aliphatic heterocycles. The Morgan fingerprint density at radius 2 is 2.10 bits per heavy atom. The summed E-state index contributed by atoms with van der Waals surface area (Å²) in [6.45, 7) is 2.96. The van der Waals surface area contributed by atoms with Gasteiger partial charge in [-0.2, -0.15) is 0 Å². The molecule has 3 nitrogen and oxygen atoms in total. The number of hydrogen-bond acceptors (Lipinski definition) is 3.